The highest BCUT2D eigenvalue weighted by Gasteiger charge is 2.57. The summed E-state index contributed by atoms with van der Waals surface area (Å²) in [6, 6.07) is 0. The Kier molecular flexibility index (Phi) is 4.09. The predicted octanol–water partition coefficient (Wildman–Crippen LogP) is 1.10. The smallest absolute Gasteiger partial charge is 0.356 e. The fourth-order valence-corrected chi connectivity index (χ4v) is 5.34. The van der Waals surface area contributed by atoms with Crippen molar-refractivity contribution in [2.24, 2.45) is 14.1 Å². The van der Waals surface area contributed by atoms with E-state index in [9.17, 15) is 28.6 Å². The van der Waals surface area contributed by atoms with Gasteiger partial charge in [-0.3, -0.25) is 23.0 Å². The number of hydrogen-bond donors (Lipinski definition) is 3. The lowest BCUT2D eigenvalue weighted by molar-refractivity contribution is -0.145. The second-order valence-electron chi connectivity index (χ2n) is 6.36. The molecule has 10 heteroatoms. The Morgan fingerprint density at radius 2 is 1.68 bits per heavy atom. The molecule has 0 aromatic carbocycles. The van der Waals surface area contributed by atoms with Crippen molar-refractivity contribution in [3.05, 3.63) is 31.3 Å². The first-order valence-electron chi connectivity index (χ1n) is 7.84. The minimum atomic E-state index is -3.62. The second kappa shape index (κ2) is 5.75. The molecule has 0 amide bonds. The van der Waals surface area contributed by atoms with Crippen LogP contribution >= 0.6 is 10.6 Å². The highest BCUT2D eigenvalue weighted by molar-refractivity contribution is 8.29. The van der Waals surface area contributed by atoms with Crippen LogP contribution in [0.3, 0.4) is 0 Å². The number of aromatic hydroxyl groups is 1. The van der Waals surface area contributed by atoms with E-state index in [1.165, 1.54) is 14.1 Å². The Labute approximate surface area is 144 Å². The molecule has 1 saturated carbocycles. The molecule has 2 aliphatic rings. The number of hydrogen-bond acceptors (Lipinski definition) is 7. The highest BCUT2D eigenvalue weighted by atomic mass is 32.3. The molecule has 3 N–H and O–H groups in total. The molecule has 1 aliphatic heterocycles. The molecular weight excluding hydrogens is 352 g/mol. The molecule has 25 heavy (non-hydrogen) atoms. The number of carbonyl (C=O) groups excluding carboxylic acids is 1. The Balaban J connectivity index is 2.19. The van der Waals surface area contributed by atoms with Crippen LogP contribution in [-0.4, -0.2) is 34.2 Å². The number of esters is 1. The zero-order valence-electron chi connectivity index (χ0n) is 13.9. The van der Waals surface area contributed by atoms with Gasteiger partial charge in [-0.15, -0.1) is 10.6 Å². The Morgan fingerprint density at radius 1 is 1.08 bits per heavy atom. The zero-order chi connectivity index (χ0) is 18.6. The molecule has 1 aliphatic carbocycles. The molecule has 1 spiro atoms. The van der Waals surface area contributed by atoms with Gasteiger partial charge in [-0.2, -0.15) is 0 Å². The van der Waals surface area contributed by atoms with Gasteiger partial charge < -0.3 is 9.84 Å². The summed E-state index contributed by atoms with van der Waals surface area (Å²) in [5.74, 6) is -1.58. The largest absolute Gasteiger partial charge is 0.494 e. The summed E-state index contributed by atoms with van der Waals surface area (Å²) >= 11 is 0. The maximum Gasteiger partial charge on any atom is 0.356 e. The minimum absolute atomic E-state index is 0.329. The highest BCUT2D eigenvalue weighted by Crippen LogP contribution is 2.69. The summed E-state index contributed by atoms with van der Waals surface area (Å²) in [5.41, 5.74) is -1.96. The topological polar surface area (TPSA) is 131 Å². The fourth-order valence-electron chi connectivity index (χ4n) is 3.33. The van der Waals surface area contributed by atoms with Crippen LogP contribution < -0.4 is 11.2 Å². The quantitative estimate of drug-likeness (QED) is 0.497. The third-order valence-electron chi connectivity index (χ3n) is 4.86. The van der Waals surface area contributed by atoms with E-state index in [1.807, 2.05) is 0 Å². The van der Waals surface area contributed by atoms with Crippen molar-refractivity contribution in [3.8, 4) is 5.88 Å². The fraction of sp³-hybridized carbons (Fsp3) is 0.533. The van der Waals surface area contributed by atoms with E-state index >= 15 is 0 Å². The van der Waals surface area contributed by atoms with Gasteiger partial charge in [0.05, 0.1) is 0 Å². The summed E-state index contributed by atoms with van der Waals surface area (Å²) in [4.78, 5) is 34.5. The summed E-state index contributed by atoms with van der Waals surface area (Å²) in [5, 5.41) is 10.1. The van der Waals surface area contributed by atoms with Crippen LogP contribution in [-0.2, 0) is 23.6 Å². The van der Waals surface area contributed by atoms with Gasteiger partial charge in [-0.25, -0.2) is 9.59 Å². The van der Waals surface area contributed by atoms with Crippen molar-refractivity contribution >= 4 is 22.6 Å². The zero-order valence-corrected chi connectivity index (χ0v) is 14.7. The van der Waals surface area contributed by atoms with Crippen LogP contribution in [0.15, 0.2) is 14.5 Å². The standard InChI is InChI=1S/C15H20N2O7S/c1-16-11(18)9(12(19)17(2)14(16)21)8-10-13(20)24-15(25(10,22)23)6-4-3-5-7-15/h8,18,22-23H,3-7H2,1-2H3. The first-order chi connectivity index (χ1) is 11.6. The van der Waals surface area contributed by atoms with E-state index in [-0.39, 0.29) is 5.56 Å². The molecule has 2 fully saturated rings. The van der Waals surface area contributed by atoms with Gasteiger partial charge in [-0.1, -0.05) is 6.42 Å². The van der Waals surface area contributed by atoms with E-state index in [2.05, 4.69) is 0 Å². The molecule has 0 bridgehead atoms. The molecule has 0 atom stereocenters. The van der Waals surface area contributed by atoms with Crippen molar-refractivity contribution in [3.63, 3.8) is 0 Å². The lowest BCUT2D eigenvalue weighted by Crippen LogP contribution is -2.38. The molecule has 3 rings (SSSR count). The molecule has 0 radical (unpaired) electrons. The maximum absolute atomic E-state index is 12.3. The monoisotopic (exact) mass is 372 g/mol. The van der Waals surface area contributed by atoms with Gasteiger partial charge in [-0.05, 0) is 18.9 Å². The van der Waals surface area contributed by atoms with Crippen molar-refractivity contribution in [1.29, 1.82) is 0 Å². The molecule has 9 nitrogen and oxygen atoms in total. The maximum atomic E-state index is 12.3. The Bertz CT molecular complexity index is 890. The molecule has 0 unspecified atom stereocenters. The first kappa shape index (κ1) is 17.8. The SMILES string of the molecule is Cn1c(O)c(C=C2C(=O)OC3(CCCCC3)S2(O)O)c(=O)n(C)c1=O. The van der Waals surface area contributed by atoms with Gasteiger partial charge >= 0.3 is 11.7 Å². The lowest BCUT2D eigenvalue weighted by Gasteiger charge is -2.44. The van der Waals surface area contributed by atoms with Crippen LogP contribution in [0.4, 0.5) is 0 Å². The van der Waals surface area contributed by atoms with E-state index in [0.717, 1.165) is 21.6 Å². The van der Waals surface area contributed by atoms with Gasteiger partial charge in [0.15, 0.2) is 0 Å². The van der Waals surface area contributed by atoms with Crippen LogP contribution in [0.1, 0.15) is 37.7 Å². The van der Waals surface area contributed by atoms with E-state index in [1.54, 1.807) is 0 Å². The summed E-state index contributed by atoms with van der Waals surface area (Å²) < 4.78 is 28.3. The average Bonchev–Trinajstić information content (AvgIpc) is 2.75. The van der Waals surface area contributed by atoms with Crippen LogP contribution in [0.25, 0.3) is 6.08 Å². The van der Waals surface area contributed by atoms with Gasteiger partial charge in [0, 0.05) is 26.9 Å². The van der Waals surface area contributed by atoms with Gasteiger partial charge in [0.25, 0.3) is 5.56 Å². The normalized spacial score (nSPS) is 24.5. The first-order valence-corrected chi connectivity index (χ1v) is 9.39. The Hall–Kier alpha value is -2.04. The van der Waals surface area contributed by atoms with Gasteiger partial charge in [0.1, 0.15) is 10.5 Å². The van der Waals surface area contributed by atoms with E-state index < -0.39 is 43.5 Å². The third-order valence-corrected chi connectivity index (χ3v) is 7.29. The number of aromatic nitrogens is 2. The van der Waals surface area contributed by atoms with Crippen LogP contribution in [0, 0.1) is 0 Å². The van der Waals surface area contributed by atoms with Crippen molar-refractivity contribution in [2.75, 3.05) is 0 Å². The molecular formula is C15H20N2O7S. The average molecular weight is 372 g/mol. The lowest BCUT2D eigenvalue weighted by atomic mass is 9.97. The molecule has 1 aromatic heterocycles. The summed E-state index contributed by atoms with van der Waals surface area (Å²) in [6.07, 6.45) is 3.89. The van der Waals surface area contributed by atoms with Crippen LogP contribution in [0.2, 0.25) is 0 Å². The molecule has 2 heterocycles. The summed E-state index contributed by atoms with van der Waals surface area (Å²) in [6.45, 7) is 0. The molecule has 138 valence electrons. The number of carbonyl (C=O) groups is 1. The third kappa shape index (κ3) is 2.43. The number of ether oxygens (including phenoxy) is 1. The Morgan fingerprint density at radius 3 is 2.28 bits per heavy atom. The summed E-state index contributed by atoms with van der Waals surface area (Å²) in [7, 11) is -1.15. The molecule has 1 saturated heterocycles. The van der Waals surface area contributed by atoms with Gasteiger partial charge in [0.2, 0.25) is 10.8 Å². The van der Waals surface area contributed by atoms with Crippen molar-refractivity contribution < 1.29 is 23.7 Å². The number of rotatable bonds is 1. The minimum Gasteiger partial charge on any atom is -0.494 e. The van der Waals surface area contributed by atoms with Crippen molar-refractivity contribution in [1.82, 2.24) is 9.13 Å². The second-order valence-corrected chi connectivity index (χ2v) is 8.64. The van der Waals surface area contributed by atoms with E-state index in [4.69, 9.17) is 4.74 Å². The number of nitrogens with zero attached hydrogens (tertiary/aromatic N) is 2. The molecule has 1 aromatic rings. The van der Waals surface area contributed by atoms with Crippen LogP contribution in [0.5, 0.6) is 5.88 Å². The predicted molar refractivity (Wildman–Crippen MR) is 91.3 cm³/mol. The van der Waals surface area contributed by atoms with E-state index in [0.29, 0.717) is 25.7 Å². The van der Waals surface area contributed by atoms with Crippen molar-refractivity contribution in [2.45, 2.75) is 37.0 Å².